The zero-order chi connectivity index (χ0) is 20.5. The molecule has 0 aliphatic carbocycles. The van der Waals surface area contributed by atoms with E-state index in [0.717, 1.165) is 25.9 Å². The number of piperidine rings is 1. The highest BCUT2D eigenvalue weighted by atomic mass is 19.1. The zero-order valence-corrected chi connectivity index (χ0v) is 16.3. The number of hydrogen-bond acceptors (Lipinski definition) is 6. The summed E-state index contributed by atoms with van der Waals surface area (Å²) in [5.74, 6) is 0.931. The summed E-state index contributed by atoms with van der Waals surface area (Å²) in [5.41, 5.74) is 7.61. The third-order valence-electron chi connectivity index (χ3n) is 5.32. The molecule has 2 aromatic heterocycles. The fraction of sp³-hybridized carbons (Fsp3) is 0.227. The molecule has 7 nitrogen and oxygen atoms in total. The van der Waals surface area contributed by atoms with E-state index in [1.807, 2.05) is 35.0 Å². The minimum Gasteiger partial charge on any atom is -0.457 e. The number of rotatable bonds is 4. The quantitative estimate of drug-likeness (QED) is 0.536. The maximum absolute atomic E-state index is 15.3. The van der Waals surface area contributed by atoms with Crippen molar-refractivity contribution in [1.82, 2.24) is 25.1 Å². The van der Waals surface area contributed by atoms with Crippen molar-refractivity contribution in [2.24, 2.45) is 0 Å². The number of benzene rings is 2. The Morgan fingerprint density at radius 1 is 1.10 bits per heavy atom. The normalized spacial score (nSPS) is 16.6. The van der Waals surface area contributed by atoms with Crippen LogP contribution in [0.1, 0.15) is 18.9 Å². The smallest absolute Gasteiger partial charge is 0.187 e. The van der Waals surface area contributed by atoms with Crippen molar-refractivity contribution in [3.8, 4) is 22.8 Å². The fourth-order valence-electron chi connectivity index (χ4n) is 3.90. The van der Waals surface area contributed by atoms with Crippen LogP contribution < -0.4 is 15.8 Å². The van der Waals surface area contributed by atoms with Crippen LogP contribution in [0.2, 0.25) is 0 Å². The minimum absolute atomic E-state index is 0.0852. The molecule has 2 aromatic carbocycles. The molecule has 30 heavy (non-hydrogen) atoms. The third-order valence-corrected chi connectivity index (χ3v) is 5.32. The van der Waals surface area contributed by atoms with E-state index < -0.39 is 5.82 Å². The summed E-state index contributed by atoms with van der Waals surface area (Å²) in [5, 5.41) is 8.60. The summed E-state index contributed by atoms with van der Waals surface area (Å²) in [4.78, 5) is 8.36. The zero-order valence-electron chi connectivity index (χ0n) is 16.3. The molecule has 1 atom stereocenters. The number of ether oxygens (including phenoxy) is 1. The summed E-state index contributed by atoms with van der Waals surface area (Å²) in [7, 11) is 0. The Labute approximate surface area is 172 Å². The molecule has 152 valence electrons. The van der Waals surface area contributed by atoms with Gasteiger partial charge in [0.1, 0.15) is 29.5 Å². The maximum Gasteiger partial charge on any atom is 0.187 e. The van der Waals surface area contributed by atoms with Crippen molar-refractivity contribution in [1.29, 1.82) is 0 Å². The molecule has 3 N–H and O–H groups in total. The van der Waals surface area contributed by atoms with Crippen LogP contribution in [0, 0.1) is 5.82 Å². The summed E-state index contributed by atoms with van der Waals surface area (Å²) in [6.07, 6.45) is 3.34. The van der Waals surface area contributed by atoms with E-state index in [9.17, 15) is 0 Å². The van der Waals surface area contributed by atoms with E-state index in [4.69, 9.17) is 10.5 Å². The van der Waals surface area contributed by atoms with E-state index in [0.29, 0.717) is 33.8 Å². The monoisotopic (exact) mass is 404 g/mol. The van der Waals surface area contributed by atoms with E-state index in [-0.39, 0.29) is 11.9 Å². The third kappa shape index (κ3) is 3.35. The number of nitrogens with zero attached hydrogens (tertiary/aromatic N) is 4. The molecular weight excluding hydrogens is 383 g/mol. The lowest BCUT2D eigenvalue weighted by Crippen LogP contribution is -2.32. The van der Waals surface area contributed by atoms with Gasteiger partial charge in [0.05, 0.1) is 17.1 Å². The van der Waals surface area contributed by atoms with Gasteiger partial charge in [0, 0.05) is 18.2 Å². The van der Waals surface area contributed by atoms with E-state index in [1.54, 1.807) is 12.1 Å². The predicted octanol–water partition coefficient (Wildman–Crippen LogP) is 3.93. The Bertz CT molecular complexity index is 1190. The van der Waals surface area contributed by atoms with Gasteiger partial charge < -0.3 is 15.8 Å². The van der Waals surface area contributed by atoms with Crippen LogP contribution in [-0.2, 0) is 0 Å². The molecule has 0 spiro atoms. The first-order valence-electron chi connectivity index (χ1n) is 9.93. The first kappa shape index (κ1) is 18.5. The molecule has 1 aliphatic rings. The molecule has 5 rings (SSSR count). The number of anilines is 1. The highest BCUT2D eigenvalue weighted by molar-refractivity contribution is 5.98. The summed E-state index contributed by atoms with van der Waals surface area (Å²) in [6, 6.07) is 14.2. The van der Waals surface area contributed by atoms with Crippen molar-refractivity contribution >= 4 is 16.9 Å². The average molecular weight is 404 g/mol. The Morgan fingerprint density at radius 3 is 2.73 bits per heavy atom. The Hall–Kier alpha value is -3.52. The van der Waals surface area contributed by atoms with Crippen LogP contribution in [0.4, 0.5) is 10.2 Å². The minimum atomic E-state index is -0.418. The van der Waals surface area contributed by atoms with Gasteiger partial charge in [-0.3, -0.25) is 4.68 Å². The van der Waals surface area contributed by atoms with Crippen LogP contribution in [0.3, 0.4) is 0 Å². The van der Waals surface area contributed by atoms with Gasteiger partial charge in [-0.15, -0.1) is 0 Å². The van der Waals surface area contributed by atoms with Gasteiger partial charge in [-0.25, -0.2) is 14.4 Å². The average Bonchev–Trinajstić information content (AvgIpc) is 3.16. The van der Waals surface area contributed by atoms with E-state index >= 15 is 4.39 Å². The molecule has 8 heteroatoms. The molecule has 1 aliphatic heterocycles. The standard InChI is InChI=1S/C22H21FN6O/c23-18-11-16(30-15-6-2-1-3-7-15)8-9-17(18)20-19-21(24)26-13-27-22(19)28-29(20)14-5-4-10-25-12-14/h1-3,6-9,11,13-14,25H,4-5,10,12H2,(H2,24,26,27,28). The summed E-state index contributed by atoms with van der Waals surface area (Å²) >= 11 is 0. The predicted molar refractivity (Wildman–Crippen MR) is 113 cm³/mol. The molecule has 4 aromatic rings. The van der Waals surface area contributed by atoms with Gasteiger partial charge in [-0.05, 0) is 43.7 Å². The Morgan fingerprint density at radius 2 is 1.97 bits per heavy atom. The van der Waals surface area contributed by atoms with Gasteiger partial charge in [0.25, 0.3) is 0 Å². The van der Waals surface area contributed by atoms with Crippen molar-refractivity contribution < 1.29 is 9.13 Å². The van der Waals surface area contributed by atoms with Gasteiger partial charge in [0.15, 0.2) is 5.65 Å². The molecular formula is C22H21FN6O. The van der Waals surface area contributed by atoms with Crippen molar-refractivity contribution in [3.63, 3.8) is 0 Å². The lowest BCUT2D eigenvalue weighted by molar-refractivity contribution is 0.350. The summed E-state index contributed by atoms with van der Waals surface area (Å²) in [6.45, 7) is 1.72. The molecule has 1 unspecified atom stereocenters. The van der Waals surface area contributed by atoms with Crippen molar-refractivity contribution in [2.75, 3.05) is 18.8 Å². The topological polar surface area (TPSA) is 90.9 Å². The van der Waals surface area contributed by atoms with E-state index in [1.165, 1.54) is 12.4 Å². The van der Waals surface area contributed by atoms with Crippen molar-refractivity contribution in [3.05, 3.63) is 60.7 Å². The second kappa shape index (κ2) is 7.72. The van der Waals surface area contributed by atoms with Crippen LogP contribution in [-0.4, -0.2) is 32.8 Å². The van der Waals surface area contributed by atoms with Gasteiger partial charge >= 0.3 is 0 Å². The number of para-hydroxylation sites is 1. The van der Waals surface area contributed by atoms with Crippen LogP contribution in [0.5, 0.6) is 11.5 Å². The molecule has 0 bridgehead atoms. The highest BCUT2D eigenvalue weighted by Gasteiger charge is 2.26. The molecule has 0 radical (unpaired) electrons. The largest absolute Gasteiger partial charge is 0.457 e. The molecule has 0 saturated carbocycles. The number of nitrogen functional groups attached to an aromatic ring is 1. The van der Waals surface area contributed by atoms with Gasteiger partial charge in [-0.2, -0.15) is 5.10 Å². The number of nitrogens with one attached hydrogen (secondary N) is 1. The second-order valence-electron chi connectivity index (χ2n) is 7.31. The maximum atomic E-state index is 15.3. The second-order valence-corrected chi connectivity index (χ2v) is 7.31. The lowest BCUT2D eigenvalue weighted by Gasteiger charge is -2.25. The highest BCUT2D eigenvalue weighted by Crippen LogP contribution is 2.37. The first-order chi connectivity index (χ1) is 14.7. The van der Waals surface area contributed by atoms with E-state index in [2.05, 4.69) is 20.4 Å². The molecule has 1 fully saturated rings. The Balaban J connectivity index is 1.61. The SMILES string of the molecule is Nc1ncnc2nn(C3CCCNC3)c(-c3ccc(Oc4ccccc4)cc3F)c12. The van der Waals surface area contributed by atoms with Crippen LogP contribution in [0.15, 0.2) is 54.9 Å². The number of halogens is 1. The molecule has 3 heterocycles. The lowest BCUT2D eigenvalue weighted by atomic mass is 10.0. The Kier molecular flexibility index (Phi) is 4.76. The van der Waals surface area contributed by atoms with Gasteiger partial charge in [-0.1, -0.05) is 18.2 Å². The number of aromatic nitrogens is 4. The van der Waals surface area contributed by atoms with Crippen LogP contribution in [0.25, 0.3) is 22.3 Å². The van der Waals surface area contributed by atoms with Crippen LogP contribution >= 0.6 is 0 Å². The fourth-order valence-corrected chi connectivity index (χ4v) is 3.90. The number of fused-ring (bicyclic) bond motifs is 1. The van der Waals surface area contributed by atoms with Gasteiger partial charge in [0.2, 0.25) is 0 Å². The molecule has 1 saturated heterocycles. The number of nitrogens with two attached hydrogens (primary N) is 1. The number of hydrogen-bond donors (Lipinski definition) is 2. The van der Waals surface area contributed by atoms with Crippen molar-refractivity contribution in [2.45, 2.75) is 18.9 Å². The summed E-state index contributed by atoms with van der Waals surface area (Å²) < 4.78 is 22.9. The molecule has 0 amide bonds. The first-order valence-corrected chi connectivity index (χ1v) is 9.93.